The first-order chi connectivity index (χ1) is 6.50. The van der Waals surface area contributed by atoms with Gasteiger partial charge >= 0.3 is 5.69 Å². The van der Waals surface area contributed by atoms with Gasteiger partial charge in [0.15, 0.2) is 11.5 Å². The molecule has 0 aliphatic heterocycles. The lowest BCUT2D eigenvalue weighted by Gasteiger charge is -1.96. The molecule has 0 aliphatic carbocycles. The van der Waals surface area contributed by atoms with Gasteiger partial charge < -0.3 is 17.0 Å². The van der Waals surface area contributed by atoms with Crippen LogP contribution in [0.2, 0.25) is 0 Å². The quantitative estimate of drug-likeness (QED) is 0.357. The fraction of sp³-hybridized carbons (Fsp3) is 0.333. The van der Waals surface area contributed by atoms with Crippen LogP contribution in [0.3, 0.4) is 0 Å². The van der Waals surface area contributed by atoms with E-state index in [1.165, 1.54) is 19.2 Å². The maximum absolute atomic E-state index is 10.9. The molecule has 0 aromatic carbocycles. The monoisotopic (exact) mass is 274 g/mol. The normalized spacial score (nSPS) is 9.20. The van der Waals surface area contributed by atoms with Crippen molar-refractivity contribution in [3.05, 3.63) is 34.1 Å². The van der Waals surface area contributed by atoms with Gasteiger partial charge in [0.2, 0.25) is 12.7 Å². The van der Waals surface area contributed by atoms with E-state index < -0.39 is 4.92 Å². The predicted octanol–water partition coefficient (Wildman–Crippen LogP) is -2.22. The Balaban J connectivity index is 0.00000196. The highest BCUT2D eigenvalue weighted by Crippen LogP contribution is 2.06. The van der Waals surface area contributed by atoms with Gasteiger partial charge in [0, 0.05) is 26.0 Å². The summed E-state index contributed by atoms with van der Waals surface area (Å²) in [5, 5.41) is 10.5. The lowest BCUT2D eigenvalue weighted by molar-refractivity contribution is -0.692. The average Bonchev–Trinajstić information content (AvgIpc) is 2.07. The Bertz CT molecular complexity index is 393. The zero-order valence-corrected chi connectivity index (χ0v) is 10.0. The second-order valence-corrected chi connectivity index (χ2v) is 3.12. The Morgan fingerprint density at radius 3 is 2.60 bits per heavy atom. The van der Waals surface area contributed by atoms with E-state index in [1.54, 1.807) is 17.6 Å². The minimum Gasteiger partial charge on any atom is -1.00 e. The van der Waals surface area contributed by atoms with Crippen LogP contribution in [-0.4, -0.2) is 10.7 Å². The standard InChI is InChI=1S/C9H11N2O3.BrH/c1-7-3-4-9(11(13)14)6-10(7)5-8(2)12;/h3-4,6H,5H2,1-2H3;1H/q+1;/p-1. The van der Waals surface area contributed by atoms with Crippen molar-refractivity contribution in [3.8, 4) is 0 Å². The molecule has 0 amide bonds. The van der Waals surface area contributed by atoms with E-state index in [1.807, 2.05) is 0 Å². The van der Waals surface area contributed by atoms with E-state index in [4.69, 9.17) is 0 Å². The highest BCUT2D eigenvalue weighted by atomic mass is 79.9. The van der Waals surface area contributed by atoms with Gasteiger partial charge in [0.25, 0.3) is 0 Å². The van der Waals surface area contributed by atoms with Crippen LogP contribution in [0.4, 0.5) is 5.69 Å². The van der Waals surface area contributed by atoms with Crippen LogP contribution in [0, 0.1) is 17.0 Å². The number of Topliss-reactive ketones (excluding diaryl/α,β-unsaturated/α-hetero) is 1. The molecule has 0 unspecified atom stereocenters. The number of carbonyl (C=O) groups excluding carboxylic acids is 1. The smallest absolute Gasteiger partial charge is 0.332 e. The molecule has 0 N–H and O–H groups in total. The summed E-state index contributed by atoms with van der Waals surface area (Å²) < 4.78 is 1.57. The molecule has 0 radical (unpaired) electrons. The maximum atomic E-state index is 10.9. The Morgan fingerprint density at radius 2 is 2.13 bits per heavy atom. The van der Waals surface area contributed by atoms with Crippen LogP contribution < -0.4 is 21.5 Å². The molecule has 0 fully saturated rings. The summed E-state index contributed by atoms with van der Waals surface area (Å²) in [4.78, 5) is 20.8. The third-order valence-electron chi connectivity index (χ3n) is 1.84. The van der Waals surface area contributed by atoms with Crippen molar-refractivity contribution in [2.75, 3.05) is 0 Å². The summed E-state index contributed by atoms with van der Waals surface area (Å²) in [5.41, 5.74) is 0.822. The number of hydrogen-bond donors (Lipinski definition) is 0. The number of rotatable bonds is 3. The van der Waals surface area contributed by atoms with Gasteiger partial charge in [-0.1, -0.05) is 0 Å². The molecule has 1 rings (SSSR count). The molecule has 0 aliphatic rings. The lowest BCUT2D eigenvalue weighted by atomic mass is 10.3. The molecule has 15 heavy (non-hydrogen) atoms. The number of ketones is 1. The third kappa shape index (κ3) is 3.75. The van der Waals surface area contributed by atoms with Crippen molar-refractivity contribution in [2.45, 2.75) is 20.4 Å². The summed E-state index contributed by atoms with van der Waals surface area (Å²) in [6.45, 7) is 3.42. The number of aryl methyl sites for hydroxylation is 1. The molecule has 0 saturated carbocycles. The van der Waals surface area contributed by atoms with Crippen molar-refractivity contribution in [2.24, 2.45) is 0 Å². The lowest BCUT2D eigenvalue weighted by Crippen LogP contribution is -3.00. The number of nitro groups is 1. The third-order valence-corrected chi connectivity index (χ3v) is 1.84. The summed E-state index contributed by atoms with van der Waals surface area (Å²) in [6, 6.07) is 3.05. The minimum atomic E-state index is -0.476. The van der Waals surface area contributed by atoms with Crippen molar-refractivity contribution < 1.29 is 31.3 Å². The number of halogens is 1. The fourth-order valence-corrected chi connectivity index (χ4v) is 1.12. The Hall–Kier alpha value is -1.30. The Labute approximate surface area is 97.6 Å². The van der Waals surface area contributed by atoms with Crippen molar-refractivity contribution in [1.29, 1.82) is 0 Å². The molecule has 1 aromatic rings. The molecule has 0 saturated heterocycles. The molecule has 0 spiro atoms. The fourth-order valence-electron chi connectivity index (χ4n) is 1.12. The van der Waals surface area contributed by atoms with Crippen LogP contribution in [-0.2, 0) is 11.3 Å². The van der Waals surface area contributed by atoms with Crippen LogP contribution in [0.15, 0.2) is 18.3 Å². The predicted molar refractivity (Wildman–Crippen MR) is 48.7 cm³/mol. The second kappa shape index (κ2) is 5.55. The Kier molecular flexibility index (Phi) is 5.07. The molecule has 5 nitrogen and oxygen atoms in total. The van der Waals surface area contributed by atoms with E-state index in [0.29, 0.717) is 0 Å². The van der Waals surface area contributed by atoms with Gasteiger partial charge in [0.05, 0.1) is 4.92 Å². The zero-order chi connectivity index (χ0) is 10.7. The second-order valence-electron chi connectivity index (χ2n) is 3.12. The number of carbonyl (C=O) groups is 1. The number of nitrogens with zero attached hydrogens (tertiary/aromatic N) is 2. The summed E-state index contributed by atoms with van der Waals surface area (Å²) in [7, 11) is 0. The average molecular weight is 275 g/mol. The summed E-state index contributed by atoms with van der Waals surface area (Å²) in [6.07, 6.45) is 1.37. The van der Waals surface area contributed by atoms with Crippen LogP contribution in [0.1, 0.15) is 12.6 Å². The number of aromatic nitrogens is 1. The van der Waals surface area contributed by atoms with Crippen LogP contribution >= 0.6 is 0 Å². The topological polar surface area (TPSA) is 64.1 Å². The van der Waals surface area contributed by atoms with Gasteiger partial charge in [-0.2, -0.15) is 4.57 Å². The molecule has 6 heteroatoms. The largest absolute Gasteiger partial charge is 1.00 e. The Morgan fingerprint density at radius 1 is 1.53 bits per heavy atom. The molecule has 0 atom stereocenters. The van der Waals surface area contributed by atoms with E-state index >= 15 is 0 Å². The van der Waals surface area contributed by atoms with E-state index in [9.17, 15) is 14.9 Å². The minimum absolute atomic E-state index is 0. The first-order valence-electron chi connectivity index (χ1n) is 4.14. The van der Waals surface area contributed by atoms with E-state index in [-0.39, 0.29) is 35.0 Å². The van der Waals surface area contributed by atoms with Crippen LogP contribution in [0.5, 0.6) is 0 Å². The first kappa shape index (κ1) is 13.7. The molecular weight excluding hydrogens is 264 g/mol. The highest BCUT2D eigenvalue weighted by Gasteiger charge is 2.15. The highest BCUT2D eigenvalue weighted by molar-refractivity contribution is 5.73. The van der Waals surface area contributed by atoms with Gasteiger partial charge in [-0.25, -0.2) is 0 Å². The van der Waals surface area contributed by atoms with Crippen molar-refractivity contribution in [3.63, 3.8) is 0 Å². The summed E-state index contributed by atoms with van der Waals surface area (Å²) in [5.74, 6) is -0.0291. The number of pyridine rings is 1. The van der Waals surface area contributed by atoms with Crippen molar-refractivity contribution >= 4 is 11.5 Å². The molecule has 1 heterocycles. The van der Waals surface area contributed by atoms with E-state index in [2.05, 4.69) is 0 Å². The SMILES string of the molecule is CC(=O)C[n+]1cc([N+](=O)[O-])ccc1C.[Br-]. The first-order valence-corrected chi connectivity index (χ1v) is 4.14. The molecule has 0 bridgehead atoms. The number of hydrogen-bond acceptors (Lipinski definition) is 3. The zero-order valence-electron chi connectivity index (χ0n) is 8.44. The molecule has 1 aromatic heterocycles. The van der Waals surface area contributed by atoms with Crippen molar-refractivity contribution in [1.82, 2.24) is 0 Å². The van der Waals surface area contributed by atoms with Crippen LogP contribution in [0.25, 0.3) is 0 Å². The van der Waals surface area contributed by atoms with E-state index in [0.717, 1.165) is 5.69 Å². The van der Waals surface area contributed by atoms with Gasteiger partial charge in [-0.05, 0) is 0 Å². The van der Waals surface area contributed by atoms with Gasteiger partial charge in [-0.3, -0.25) is 14.9 Å². The maximum Gasteiger partial charge on any atom is 0.332 e. The molecular formula is C9H11BrN2O3. The van der Waals surface area contributed by atoms with Gasteiger partial charge in [-0.15, -0.1) is 0 Å². The summed E-state index contributed by atoms with van der Waals surface area (Å²) >= 11 is 0. The van der Waals surface area contributed by atoms with Gasteiger partial charge in [0.1, 0.15) is 0 Å². The molecule has 82 valence electrons.